The van der Waals surface area contributed by atoms with E-state index < -0.39 is 0 Å². The van der Waals surface area contributed by atoms with Crippen molar-refractivity contribution in [3.05, 3.63) is 61.2 Å². The number of fused-ring (bicyclic) bond motifs is 2. The maximum absolute atomic E-state index is 5.51. The molecule has 6 nitrogen and oxygen atoms in total. The molecule has 4 rings (SSSR count). The second-order valence-corrected chi connectivity index (χ2v) is 4.72. The van der Waals surface area contributed by atoms with Crippen LogP contribution in [0.1, 0.15) is 0 Å². The van der Waals surface area contributed by atoms with E-state index in [1.807, 2.05) is 48.5 Å². The summed E-state index contributed by atoms with van der Waals surface area (Å²) in [6.07, 6.45) is 2.90. The molecule has 2 aromatic heterocycles. The maximum Gasteiger partial charge on any atom is 0.660 e. The van der Waals surface area contributed by atoms with Crippen LogP contribution in [0.15, 0.2) is 61.2 Å². The summed E-state index contributed by atoms with van der Waals surface area (Å²) in [6.45, 7) is 0. The highest BCUT2D eigenvalue weighted by Gasteiger charge is 2.10. The first kappa shape index (κ1) is 13.4. The topological polar surface area (TPSA) is 70.0 Å². The summed E-state index contributed by atoms with van der Waals surface area (Å²) < 4.78 is 11.0. The van der Waals surface area contributed by atoms with Crippen molar-refractivity contribution in [2.45, 2.75) is 0 Å². The Balaban J connectivity index is 1.55. The van der Waals surface area contributed by atoms with Crippen LogP contribution in [-0.2, 0) is 0 Å². The number of hydrogen-bond donors (Lipinski definition) is 0. The van der Waals surface area contributed by atoms with E-state index in [2.05, 4.69) is 19.9 Å². The van der Waals surface area contributed by atoms with Gasteiger partial charge in [-0.3, -0.25) is 0 Å². The zero-order chi connectivity index (χ0) is 15.5. The van der Waals surface area contributed by atoms with Gasteiger partial charge in [0.05, 0.1) is 21.8 Å². The molecule has 0 N–H and O–H groups in total. The Morgan fingerprint density at radius 1 is 0.609 bits per heavy atom. The minimum Gasteiger partial charge on any atom is -0.512 e. The van der Waals surface area contributed by atoms with E-state index in [4.69, 9.17) is 9.31 Å². The lowest BCUT2D eigenvalue weighted by atomic mass is 10.2. The molecule has 1 radical (unpaired) electrons. The molecule has 0 aliphatic carbocycles. The van der Waals surface area contributed by atoms with Gasteiger partial charge >= 0.3 is 7.69 Å². The highest BCUT2D eigenvalue weighted by Crippen LogP contribution is 2.22. The second-order valence-electron chi connectivity index (χ2n) is 4.72. The third-order valence-electron chi connectivity index (χ3n) is 3.33. The van der Waals surface area contributed by atoms with E-state index in [9.17, 15) is 0 Å². The molecule has 2 heterocycles. The van der Waals surface area contributed by atoms with Crippen LogP contribution in [0, 0.1) is 0 Å². The molecule has 0 bridgehead atoms. The Hall–Kier alpha value is -3.22. The Kier molecular flexibility index (Phi) is 3.44. The van der Waals surface area contributed by atoms with Crippen molar-refractivity contribution in [3.63, 3.8) is 0 Å². The number of aromatic nitrogens is 4. The highest BCUT2D eigenvalue weighted by atomic mass is 16.6. The van der Waals surface area contributed by atoms with E-state index in [1.165, 1.54) is 20.3 Å². The summed E-state index contributed by atoms with van der Waals surface area (Å²) in [5, 5.41) is 1.62. The second kappa shape index (κ2) is 5.88. The molecular weight excluding hydrogens is 291 g/mol. The Labute approximate surface area is 132 Å². The minimum atomic E-state index is 0.425. The Bertz CT molecular complexity index is 890. The summed E-state index contributed by atoms with van der Waals surface area (Å²) >= 11 is 0. The van der Waals surface area contributed by atoms with Crippen molar-refractivity contribution in [1.82, 2.24) is 19.9 Å². The van der Waals surface area contributed by atoms with E-state index in [-0.39, 0.29) is 0 Å². The Morgan fingerprint density at radius 2 is 1.09 bits per heavy atom. The van der Waals surface area contributed by atoms with Gasteiger partial charge in [-0.25, -0.2) is 19.9 Å². The molecule has 23 heavy (non-hydrogen) atoms. The average molecular weight is 301 g/mol. The Morgan fingerprint density at radius 3 is 1.61 bits per heavy atom. The monoisotopic (exact) mass is 301 g/mol. The molecule has 2 aromatic carbocycles. The van der Waals surface area contributed by atoms with E-state index >= 15 is 0 Å². The molecular formula is C16H10BN4O2. The molecule has 7 heteroatoms. The lowest BCUT2D eigenvalue weighted by molar-refractivity contribution is 0.444. The third-order valence-corrected chi connectivity index (χ3v) is 3.33. The molecule has 0 amide bonds. The molecule has 0 aliphatic rings. The van der Waals surface area contributed by atoms with Crippen molar-refractivity contribution < 1.29 is 9.31 Å². The summed E-state index contributed by atoms with van der Waals surface area (Å²) in [5.41, 5.74) is 1.61. The first-order valence-electron chi connectivity index (χ1n) is 6.96. The summed E-state index contributed by atoms with van der Waals surface area (Å²) in [6, 6.07) is 15.2. The number of benzene rings is 2. The largest absolute Gasteiger partial charge is 0.660 e. The molecule has 0 atom stereocenters. The standard InChI is InChI=1S/C16H10BN4O2/c1-3-7-13-11(5-1)15(20-9-18-13)22-17-23-16-12-6-2-4-8-14(12)19-10-21-16/h1-10H. The van der Waals surface area contributed by atoms with Crippen LogP contribution in [0.3, 0.4) is 0 Å². The first-order chi connectivity index (χ1) is 11.4. The predicted molar refractivity (Wildman–Crippen MR) is 86.1 cm³/mol. The van der Waals surface area contributed by atoms with Crippen LogP contribution in [-0.4, -0.2) is 27.6 Å². The molecule has 109 valence electrons. The highest BCUT2D eigenvalue weighted by molar-refractivity contribution is 6.21. The van der Waals surface area contributed by atoms with Crippen molar-refractivity contribution in [1.29, 1.82) is 0 Å². The van der Waals surface area contributed by atoms with Crippen molar-refractivity contribution in [3.8, 4) is 11.8 Å². The van der Waals surface area contributed by atoms with Gasteiger partial charge in [0.2, 0.25) is 11.8 Å². The van der Waals surface area contributed by atoms with E-state index in [1.54, 1.807) is 0 Å². The van der Waals surface area contributed by atoms with Gasteiger partial charge in [-0.05, 0) is 24.3 Å². The summed E-state index contributed by atoms with van der Waals surface area (Å²) in [4.78, 5) is 16.6. The summed E-state index contributed by atoms with van der Waals surface area (Å²) in [5.74, 6) is 0.850. The van der Waals surface area contributed by atoms with Gasteiger partial charge in [0.25, 0.3) is 0 Å². The minimum absolute atomic E-state index is 0.425. The van der Waals surface area contributed by atoms with Gasteiger partial charge in [-0.1, -0.05) is 24.3 Å². The molecule has 0 saturated carbocycles. The lowest BCUT2D eigenvalue weighted by Crippen LogP contribution is -2.13. The molecule has 0 spiro atoms. The van der Waals surface area contributed by atoms with E-state index in [0.717, 1.165) is 21.8 Å². The molecule has 4 aromatic rings. The number of hydrogen-bond acceptors (Lipinski definition) is 6. The maximum atomic E-state index is 5.51. The number of para-hydroxylation sites is 2. The van der Waals surface area contributed by atoms with Crippen molar-refractivity contribution >= 4 is 29.5 Å². The summed E-state index contributed by atoms with van der Waals surface area (Å²) in [7, 11) is 1.21. The van der Waals surface area contributed by atoms with E-state index in [0.29, 0.717) is 11.8 Å². The van der Waals surface area contributed by atoms with Crippen molar-refractivity contribution in [2.75, 3.05) is 0 Å². The first-order valence-corrected chi connectivity index (χ1v) is 6.96. The van der Waals surface area contributed by atoms with Crippen LogP contribution >= 0.6 is 0 Å². The zero-order valence-corrected chi connectivity index (χ0v) is 12.0. The van der Waals surface area contributed by atoms with Crippen LogP contribution in [0.2, 0.25) is 0 Å². The average Bonchev–Trinajstić information content (AvgIpc) is 2.62. The van der Waals surface area contributed by atoms with Gasteiger partial charge in [0.15, 0.2) is 0 Å². The third kappa shape index (κ3) is 2.64. The van der Waals surface area contributed by atoms with Crippen LogP contribution in [0.5, 0.6) is 11.8 Å². The quantitative estimate of drug-likeness (QED) is 0.540. The van der Waals surface area contributed by atoms with Crippen molar-refractivity contribution in [2.24, 2.45) is 0 Å². The normalized spacial score (nSPS) is 10.6. The smallest absolute Gasteiger partial charge is 0.512 e. The molecule has 0 unspecified atom stereocenters. The lowest BCUT2D eigenvalue weighted by Gasteiger charge is -2.08. The van der Waals surface area contributed by atoms with Gasteiger partial charge in [0.1, 0.15) is 12.7 Å². The van der Waals surface area contributed by atoms with Gasteiger partial charge < -0.3 is 9.31 Å². The fraction of sp³-hybridized carbons (Fsp3) is 0. The number of nitrogens with zero attached hydrogens (tertiary/aromatic N) is 4. The molecule has 0 aliphatic heterocycles. The predicted octanol–water partition coefficient (Wildman–Crippen LogP) is 2.57. The van der Waals surface area contributed by atoms with Gasteiger partial charge in [0, 0.05) is 0 Å². The molecule has 0 fully saturated rings. The van der Waals surface area contributed by atoms with Crippen LogP contribution in [0.4, 0.5) is 0 Å². The van der Waals surface area contributed by atoms with Crippen LogP contribution < -0.4 is 9.31 Å². The SMILES string of the molecule is [B](Oc1ncnc2ccccc12)Oc1ncnc2ccccc12. The van der Waals surface area contributed by atoms with Gasteiger partial charge in [-0.2, -0.15) is 0 Å². The fourth-order valence-electron chi connectivity index (χ4n) is 2.26. The zero-order valence-electron chi connectivity index (χ0n) is 12.0. The number of rotatable bonds is 4. The molecule has 0 saturated heterocycles. The fourth-order valence-corrected chi connectivity index (χ4v) is 2.26. The van der Waals surface area contributed by atoms with Gasteiger partial charge in [-0.15, -0.1) is 0 Å². The van der Waals surface area contributed by atoms with Crippen LogP contribution in [0.25, 0.3) is 21.8 Å².